The Hall–Kier alpha value is -3.88. The number of hydrogen-bond donors (Lipinski definition) is 4. The van der Waals surface area contributed by atoms with E-state index in [4.69, 9.17) is 4.98 Å². The van der Waals surface area contributed by atoms with Crippen LogP contribution in [-0.4, -0.2) is 36.1 Å². The Balaban J connectivity index is 1.61. The van der Waals surface area contributed by atoms with Gasteiger partial charge in [-0.2, -0.15) is 9.61 Å². The molecule has 4 aromatic rings. The number of fused-ring (bicyclic) bond motifs is 1. The highest BCUT2D eigenvalue weighted by molar-refractivity contribution is 5.70. The molecule has 1 aliphatic rings. The summed E-state index contributed by atoms with van der Waals surface area (Å²) >= 11 is 0. The molecule has 0 spiro atoms. The second-order valence-corrected chi connectivity index (χ2v) is 7.16. The minimum absolute atomic E-state index is 0.294. The van der Waals surface area contributed by atoms with E-state index in [-0.39, 0.29) is 5.69 Å². The molecule has 4 heterocycles. The second kappa shape index (κ2) is 6.93. The van der Waals surface area contributed by atoms with Crippen molar-refractivity contribution in [2.75, 3.05) is 17.2 Å². The third-order valence-electron chi connectivity index (χ3n) is 4.86. The first-order chi connectivity index (χ1) is 14.2. The monoisotopic (exact) mass is 388 g/mol. The molecule has 1 aliphatic carbocycles. The van der Waals surface area contributed by atoms with E-state index in [2.05, 4.69) is 37.3 Å². The Labute approximate surface area is 165 Å². The zero-order chi connectivity index (χ0) is 19.8. The van der Waals surface area contributed by atoms with Crippen LogP contribution in [0.5, 0.6) is 0 Å². The summed E-state index contributed by atoms with van der Waals surface area (Å²) in [6, 6.07) is 5.70. The van der Waals surface area contributed by atoms with E-state index < -0.39 is 0 Å². The first-order valence-electron chi connectivity index (χ1n) is 9.44. The van der Waals surface area contributed by atoms with E-state index >= 15 is 0 Å². The molecule has 146 valence electrons. The van der Waals surface area contributed by atoms with Gasteiger partial charge in [0.1, 0.15) is 11.6 Å². The fourth-order valence-electron chi connectivity index (χ4n) is 3.14. The van der Waals surface area contributed by atoms with Crippen LogP contribution in [0.2, 0.25) is 0 Å². The molecule has 4 aromatic heterocycles. The maximum atomic E-state index is 11.5. The van der Waals surface area contributed by atoms with E-state index in [1.807, 2.05) is 24.3 Å². The molecule has 0 aromatic carbocycles. The van der Waals surface area contributed by atoms with Crippen molar-refractivity contribution in [2.45, 2.75) is 12.8 Å². The molecule has 0 atom stereocenters. The molecular weight excluding hydrogens is 368 g/mol. The molecule has 0 bridgehead atoms. The summed E-state index contributed by atoms with van der Waals surface area (Å²) in [7, 11) is 0. The number of imidazole rings is 1. The maximum Gasteiger partial charge on any atom is 0.323 e. The molecule has 0 amide bonds. The van der Waals surface area contributed by atoms with Gasteiger partial charge >= 0.3 is 5.69 Å². The van der Waals surface area contributed by atoms with E-state index in [9.17, 15) is 4.79 Å². The van der Waals surface area contributed by atoms with Crippen molar-refractivity contribution in [3.05, 3.63) is 63.5 Å². The lowest BCUT2D eigenvalue weighted by Gasteiger charge is -2.11. The molecule has 1 fully saturated rings. The maximum absolute atomic E-state index is 11.5. The zero-order valence-electron chi connectivity index (χ0n) is 15.6. The van der Waals surface area contributed by atoms with Gasteiger partial charge < -0.3 is 20.6 Å². The average molecular weight is 388 g/mol. The molecular formula is C20H20N8O. The van der Waals surface area contributed by atoms with Gasteiger partial charge in [-0.25, -0.2) is 9.78 Å². The highest BCUT2D eigenvalue weighted by Gasteiger charge is 2.21. The summed E-state index contributed by atoms with van der Waals surface area (Å²) in [5.41, 5.74) is 2.05. The van der Waals surface area contributed by atoms with Crippen LogP contribution in [0.4, 0.5) is 17.3 Å². The number of aromatic nitrogens is 6. The van der Waals surface area contributed by atoms with Gasteiger partial charge in [-0.15, -0.1) is 0 Å². The number of hydrogen-bond acceptors (Lipinski definition) is 6. The van der Waals surface area contributed by atoms with E-state index in [1.165, 1.54) is 12.8 Å². The number of pyridine rings is 1. The highest BCUT2D eigenvalue weighted by atomic mass is 16.1. The first-order valence-corrected chi connectivity index (χ1v) is 9.44. The summed E-state index contributed by atoms with van der Waals surface area (Å²) in [6.07, 6.45) is 9.51. The third-order valence-corrected chi connectivity index (χ3v) is 4.86. The lowest BCUT2D eigenvalue weighted by atomic mass is 10.3. The van der Waals surface area contributed by atoms with Crippen LogP contribution >= 0.6 is 0 Å². The SMILES string of the molecule is C=c1[nH]c(=O)[nH]/c1=C\c1cnn2c(NCC3CC3)cc(Nc3ccncc3)nc12. The minimum atomic E-state index is -0.294. The molecule has 5 rings (SSSR count). The van der Waals surface area contributed by atoms with Crippen molar-refractivity contribution < 1.29 is 0 Å². The zero-order valence-corrected chi connectivity index (χ0v) is 15.6. The van der Waals surface area contributed by atoms with Crippen molar-refractivity contribution in [3.8, 4) is 0 Å². The molecule has 0 saturated heterocycles. The van der Waals surface area contributed by atoms with Crippen LogP contribution in [0.1, 0.15) is 18.4 Å². The lowest BCUT2D eigenvalue weighted by Crippen LogP contribution is -2.22. The van der Waals surface area contributed by atoms with E-state index in [0.717, 1.165) is 29.5 Å². The smallest absolute Gasteiger partial charge is 0.323 e. The van der Waals surface area contributed by atoms with Crippen LogP contribution in [-0.2, 0) is 0 Å². The van der Waals surface area contributed by atoms with Crippen LogP contribution in [0, 0.1) is 5.92 Å². The Bertz CT molecular complexity index is 1330. The molecule has 4 N–H and O–H groups in total. The molecule has 0 aliphatic heterocycles. The van der Waals surface area contributed by atoms with Crippen molar-refractivity contribution in [3.63, 3.8) is 0 Å². The number of H-pyrrole nitrogens is 2. The number of rotatable bonds is 6. The van der Waals surface area contributed by atoms with Gasteiger partial charge in [0, 0.05) is 36.3 Å². The normalized spacial score (nSPS) is 14.4. The van der Waals surface area contributed by atoms with Gasteiger partial charge in [0.25, 0.3) is 0 Å². The largest absolute Gasteiger partial charge is 0.370 e. The summed E-state index contributed by atoms with van der Waals surface area (Å²) in [6.45, 7) is 4.76. The van der Waals surface area contributed by atoms with Crippen molar-refractivity contribution in [1.82, 2.24) is 29.5 Å². The number of nitrogens with one attached hydrogen (secondary N) is 4. The predicted octanol–water partition coefficient (Wildman–Crippen LogP) is 0.945. The van der Waals surface area contributed by atoms with Crippen LogP contribution in [0.3, 0.4) is 0 Å². The van der Waals surface area contributed by atoms with Crippen molar-refractivity contribution >= 4 is 35.6 Å². The molecule has 9 heteroatoms. The standard InChI is InChI=1S/C20H20N8O/c1-12-16(26-20(29)24-12)8-14-11-23-28-18(22-10-13-2-3-13)9-17(27-19(14)28)25-15-4-6-21-7-5-15/h4-9,11,13,22H,1-3,10H2,(H,21,25,27)(H2,24,26,29)/b16-8-. The summed E-state index contributed by atoms with van der Waals surface area (Å²) in [4.78, 5) is 25.7. The third kappa shape index (κ3) is 3.62. The second-order valence-electron chi connectivity index (χ2n) is 7.16. The highest BCUT2D eigenvalue weighted by Crippen LogP contribution is 2.29. The topological polar surface area (TPSA) is 116 Å². The van der Waals surface area contributed by atoms with E-state index in [0.29, 0.717) is 22.2 Å². The fourth-order valence-corrected chi connectivity index (χ4v) is 3.14. The summed E-state index contributed by atoms with van der Waals surface area (Å²) in [5, 5.41) is 12.4. The van der Waals surface area contributed by atoms with Gasteiger partial charge in [-0.1, -0.05) is 6.58 Å². The van der Waals surface area contributed by atoms with Gasteiger partial charge in [0.2, 0.25) is 0 Å². The van der Waals surface area contributed by atoms with Crippen LogP contribution in [0.15, 0.2) is 41.6 Å². The van der Waals surface area contributed by atoms with Gasteiger partial charge in [-0.3, -0.25) is 4.98 Å². The first kappa shape index (κ1) is 17.2. The fraction of sp³-hybridized carbons (Fsp3) is 0.200. The number of anilines is 3. The van der Waals surface area contributed by atoms with Crippen molar-refractivity contribution in [1.29, 1.82) is 0 Å². The molecule has 1 saturated carbocycles. The Morgan fingerprint density at radius 1 is 1.28 bits per heavy atom. The van der Waals surface area contributed by atoms with Gasteiger partial charge in [-0.05, 0) is 37.0 Å². The quantitative estimate of drug-likeness (QED) is 0.391. The average Bonchev–Trinajstić information content (AvgIpc) is 3.38. The van der Waals surface area contributed by atoms with E-state index in [1.54, 1.807) is 23.1 Å². The number of aromatic amines is 2. The van der Waals surface area contributed by atoms with Crippen molar-refractivity contribution in [2.24, 2.45) is 5.92 Å². The Morgan fingerprint density at radius 3 is 2.83 bits per heavy atom. The molecule has 0 radical (unpaired) electrons. The number of nitrogens with zero attached hydrogens (tertiary/aromatic N) is 4. The van der Waals surface area contributed by atoms with Gasteiger partial charge in [0.05, 0.1) is 16.9 Å². The van der Waals surface area contributed by atoms with Crippen LogP contribution in [0.25, 0.3) is 18.3 Å². The van der Waals surface area contributed by atoms with Gasteiger partial charge in [0.15, 0.2) is 5.65 Å². The minimum Gasteiger partial charge on any atom is -0.370 e. The molecule has 29 heavy (non-hydrogen) atoms. The van der Waals surface area contributed by atoms with Crippen LogP contribution < -0.4 is 27.0 Å². The Kier molecular flexibility index (Phi) is 4.12. The molecule has 0 unspecified atom stereocenters. The molecule has 9 nitrogen and oxygen atoms in total. The lowest BCUT2D eigenvalue weighted by molar-refractivity contribution is 0.857. The summed E-state index contributed by atoms with van der Waals surface area (Å²) < 4.78 is 1.78. The predicted molar refractivity (Wildman–Crippen MR) is 111 cm³/mol. The Morgan fingerprint density at radius 2 is 2.10 bits per heavy atom. The summed E-state index contributed by atoms with van der Waals surface area (Å²) in [5.74, 6) is 2.26.